The van der Waals surface area contributed by atoms with E-state index in [-0.39, 0.29) is 10.6 Å². The van der Waals surface area contributed by atoms with Crippen molar-refractivity contribution in [2.75, 3.05) is 13.7 Å². The van der Waals surface area contributed by atoms with Gasteiger partial charge in [-0.25, -0.2) is 0 Å². The van der Waals surface area contributed by atoms with Gasteiger partial charge < -0.3 is 9.84 Å². The molecule has 0 bridgehead atoms. The molecule has 2 atom stereocenters. The molecule has 1 heterocycles. The van der Waals surface area contributed by atoms with Crippen LogP contribution in [0, 0.1) is 0 Å². The summed E-state index contributed by atoms with van der Waals surface area (Å²) in [5.74, 6) is 0.0510. The van der Waals surface area contributed by atoms with Gasteiger partial charge in [-0.2, -0.15) is 0 Å². The number of methoxy groups -OCH3 is 1. The first-order valence-corrected chi connectivity index (χ1v) is 5.90. The van der Waals surface area contributed by atoms with Crippen LogP contribution >= 0.6 is 11.8 Å². The summed E-state index contributed by atoms with van der Waals surface area (Å²) in [6, 6.07) is 7.67. The molecule has 1 fully saturated rings. The van der Waals surface area contributed by atoms with Gasteiger partial charge in [-0.3, -0.25) is 10.1 Å². The van der Waals surface area contributed by atoms with Crippen LogP contribution in [-0.4, -0.2) is 30.0 Å². The highest BCUT2D eigenvalue weighted by molar-refractivity contribution is 8.01. The van der Waals surface area contributed by atoms with Gasteiger partial charge in [0.1, 0.15) is 11.0 Å². The summed E-state index contributed by atoms with van der Waals surface area (Å²) in [7, 11) is 1.62. The van der Waals surface area contributed by atoms with Crippen LogP contribution in [0.5, 0.6) is 5.75 Å². The Labute approximate surface area is 98.0 Å². The highest BCUT2D eigenvalue weighted by atomic mass is 32.2. The Bertz CT molecular complexity index is 379. The van der Waals surface area contributed by atoms with Gasteiger partial charge in [-0.15, -0.1) is 11.8 Å². The Morgan fingerprint density at radius 1 is 1.50 bits per heavy atom. The summed E-state index contributed by atoms with van der Waals surface area (Å²) < 4.78 is 5.07. The molecular formula is C11H13NO3S. The zero-order chi connectivity index (χ0) is 11.5. The van der Waals surface area contributed by atoms with Gasteiger partial charge in [0, 0.05) is 6.54 Å². The van der Waals surface area contributed by atoms with Gasteiger partial charge in [0.25, 0.3) is 0 Å². The summed E-state index contributed by atoms with van der Waals surface area (Å²) >= 11 is 1.43. The second-order valence-corrected chi connectivity index (χ2v) is 4.84. The third-order valence-corrected chi connectivity index (χ3v) is 3.89. The van der Waals surface area contributed by atoms with E-state index in [2.05, 4.69) is 5.32 Å². The maximum Gasteiger partial charge on any atom is 0.318 e. The van der Waals surface area contributed by atoms with Gasteiger partial charge in [0.05, 0.1) is 12.5 Å². The maximum absolute atomic E-state index is 10.8. The van der Waals surface area contributed by atoms with Crippen LogP contribution in [0.4, 0.5) is 0 Å². The Morgan fingerprint density at radius 3 is 2.69 bits per heavy atom. The fourth-order valence-electron chi connectivity index (χ4n) is 1.60. The molecule has 0 amide bonds. The van der Waals surface area contributed by atoms with Crippen molar-refractivity contribution in [1.82, 2.24) is 5.32 Å². The predicted octanol–water partition coefficient (Wildman–Crippen LogP) is 1.48. The van der Waals surface area contributed by atoms with Crippen molar-refractivity contribution >= 4 is 17.7 Å². The topological polar surface area (TPSA) is 58.6 Å². The molecule has 1 aliphatic heterocycles. The van der Waals surface area contributed by atoms with E-state index in [0.717, 1.165) is 11.3 Å². The number of nitrogens with one attached hydrogen (secondary N) is 1. The molecule has 86 valence electrons. The summed E-state index contributed by atoms with van der Waals surface area (Å²) in [5.41, 5.74) is 1.08. The number of hydrogen-bond acceptors (Lipinski definition) is 4. The van der Waals surface area contributed by atoms with E-state index in [9.17, 15) is 4.79 Å². The van der Waals surface area contributed by atoms with E-state index in [1.54, 1.807) is 7.11 Å². The standard InChI is InChI=1S/C11H13NO3S/c1-15-8-4-2-7(3-5-8)10-12-6-9(16-10)11(13)14/h2-5,9-10,12H,6H2,1H3,(H,13,14)/t9-,10-/m0/s1. The number of aliphatic carboxylic acids is 1. The van der Waals surface area contributed by atoms with E-state index in [1.807, 2.05) is 24.3 Å². The normalized spacial score (nSPS) is 24.3. The average Bonchev–Trinajstić information content (AvgIpc) is 2.78. The molecule has 0 unspecified atom stereocenters. The SMILES string of the molecule is COc1ccc([C@H]2NC[C@@H](C(=O)O)S2)cc1. The van der Waals surface area contributed by atoms with Gasteiger partial charge in [0.2, 0.25) is 0 Å². The molecular weight excluding hydrogens is 226 g/mol. The molecule has 0 aliphatic carbocycles. The van der Waals surface area contributed by atoms with Crippen molar-refractivity contribution in [2.24, 2.45) is 0 Å². The van der Waals surface area contributed by atoms with Crippen molar-refractivity contribution in [3.8, 4) is 5.75 Å². The highest BCUT2D eigenvalue weighted by Crippen LogP contribution is 2.35. The van der Waals surface area contributed by atoms with Crippen LogP contribution < -0.4 is 10.1 Å². The average molecular weight is 239 g/mol. The summed E-state index contributed by atoms with van der Waals surface area (Å²) in [4.78, 5) is 10.8. The molecule has 2 N–H and O–H groups in total. The quantitative estimate of drug-likeness (QED) is 0.836. The smallest absolute Gasteiger partial charge is 0.318 e. The predicted molar refractivity (Wildman–Crippen MR) is 62.8 cm³/mol. The van der Waals surface area contributed by atoms with Gasteiger partial charge in [0.15, 0.2) is 0 Å². The third kappa shape index (κ3) is 2.31. The molecule has 0 radical (unpaired) electrons. The summed E-state index contributed by atoms with van der Waals surface area (Å²) in [6.07, 6.45) is 0. The summed E-state index contributed by atoms with van der Waals surface area (Å²) in [6.45, 7) is 0.511. The minimum absolute atomic E-state index is 0.0620. The molecule has 1 saturated heterocycles. The van der Waals surface area contributed by atoms with Gasteiger partial charge in [-0.05, 0) is 17.7 Å². The van der Waals surface area contributed by atoms with E-state index < -0.39 is 5.97 Å². The van der Waals surface area contributed by atoms with E-state index in [0.29, 0.717) is 6.54 Å². The fourth-order valence-corrected chi connectivity index (χ4v) is 2.74. The molecule has 1 aromatic carbocycles. The van der Waals surface area contributed by atoms with Crippen LogP contribution in [0.2, 0.25) is 0 Å². The van der Waals surface area contributed by atoms with Crippen LogP contribution in [0.1, 0.15) is 10.9 Å². The number of carbonyl (C=O) groups is 1. The lowest BCUT2D eigenvalue weighted by Gasteiger charge is -2.10. The minimum atomic E-state index is -0.756. The Kier molecular flexibility index (Phi) is 3.36. The summed E-state index contributed by atoms with van der Waals surface area (Å²) in [5, 5.41) is 11.8. The number of hydrogen-bond donors (Lipinski definition) is 2. The van der Waals surface area contributed by atoms with Gasteiger partial charge >= 0.3 is 5.97 Å². The first kappa shape index (κ1) is 11.3. The number of carboxylic acid groups (broad SMARTS) is 1. The van der Waals surface area contributed by atoms with Crippen molar-refractivity contribution in [3.05, 3.63) is 29.8 Å². The zero-order valence-corrected chi connectivity index (χ0v) is 9.66. The molecule has 16 heavy (non-hydrogen) atoms. The first-order chi connectivity index (χ1) is 7.70. The van der Waals surface area contributed by atoms with Crippen molar-refractivity contribution in [2.45, 2.75) is 10.6 Å². The van der Waals surface area contributed by atoms with Gasteiger partial charge in [-0.1, -0.05) is 12.1 Å². The molecule has 0 saturated carbocycles. The molecule has 5 heteroatoms. The monoisotopic (exact) mass is 239 g/mol. The van der Waals surface area contributed by atoms with E-state index in [1.165, 1.54) is 11.8 Å². The number of rotatable bonds is 3. The fraction of sp³-hybridized carbons (Fsp3) is 0.364. The highest BCUT2D eigenvalue weighted by Gasteiger charge is 2.30. The zero-order valence-electron chi connectivity index (χ0n) is 8.84. The Hall–Kier alpha value is -1.20. The second-order valence-electron chi connectivity index (χ2n) is 3.52. The number of ether oxygens (including phenoxy) is 1. The number of thioether (sulfide) groups is 1. The molecule has 0 spiro atoms. The van der Waals surface area contributed by atoms with Crippen LogP contribution in [0.25, 0.3) is 0 Å². The molecule has 4 nitrogen and oxygen atoms in total. The lowest BCUT2D eigenvalue weighted by Crippen LogP contribution is -2.21. The number of benzene rings is 1. The third-order valence-electron chi connectivity index (χ3n) is 2.48. The lowest BCUT2D eigenvalue weighted by atomic mass is 10.2. The first-order valence-electron chi connectivity index (χ1n) is 4.96. The minimum Gasteiger partial charge on any atom is -0.497 e. The van der Waals surface area contributed by atoms with Crippen LogP contribution in [0.15, 0.2) is 24.3 Å². The van der Waals surface area contributed by atoms with E-state index in [4.69, 9.17) is 9.84 Å². The Balaban J connectivity index is 2.05. The Morgan fingerprint density at radius 2 is 2.19 bits per heavy atom. The van der Waals surface area contributed by atoms with Crippen LogP contribution in [0.3, 0.4) is 0 Å². The number of carboxylic acids is 1. The van der Waals surface area contributed by atoms with Crippen molar-refractivity contribution in [3.63, 3.8) is 0 Å². The maximum atomic E-state index is 10.8. The van der Waals surface area contributed by atoms with E-state index >= 15 is 0 Å². The molecule has 1 aliphatic rings. The largest absolute Gasteiger partial charge is 0.497 e. The molecule has 0 aromatic heterocycles. The van der Waals surface area contributed by atoms with Crippen LogP contribution in [-0.2, 0) is 4.79 Å². The lowest BCUT2D eigenvalue weighted by molar-refractivity contribution is -0.136. The molecule has 2 rings (SSSR count). The van der Waals surface area contributed by atoms with Crippen molar-refractivity contribution in [1.29, 1.82) is 0 Å². The second kappa shape index (κ2) is 4.76. The molecule has 1 aromatic rings. The van der Waals surface area contributed by atoms with Crippen molar-refractivity contribution < 1.29 is 14.6 Å².